The van der Waals surface area contributed by atoms with Gasteiger partial charge in [-0.05, 0) is 17.5 Å². The van der Waals surface area contributed by atoms with Crippen LogP contribution in [0.1, 0.15) is 22.0 Å². The summed E-state index contributed by atoms with van der Waals surface area (Å²) in [5.41, 5.74) is 5.72. The van der Waals surface area contributed by atoms with Gasteiger partial charge in [0.25, 0.3) is 0 Å². The van der Waals surface area contributed by atoms with E-state index in [1.165, 1.54) is 17.4 Å². The topological polar surface area (TPSA) is 113 Å². The molecule has 1 heterocycles. The molecule has 19 heavy (non-hydrogen) atoms. The molecular formula is C12H9N3O3S. The summed E-state index contributed by atoms with van der Waals surface area (Å²) >= 11 is 1.37. The Morgan fingerprint density at radius 1 is 1.53 bits per heavy atom. The molecule has 96 valence electrons. The van der Waals surface area contributed by atoms with Crippen molar-refractivity contribution >= 4 is 17.0 Å². The molecule has 0 saturated carbocycles. The highest BCUT2D eigenvalue weighted by atomic mass is 32.1. The van der Waals surface area contributed by atoms with Gasteiger partial charge in [-0.2, -0.15) is 5.26 Å². The normalized spacial score (nSPS) is 11.8. The van der Waals surface area contributed by atoms with Crippen LogP contribution in [0.2, 0.25) is 0 Å². The number of nitro benzene ring substituents is 1. The summed E-state index contributed by atoms with van der Waals surface area (Å²) in [4.78, 5) is 10.9. The third kappa shape index (κ3) is 2.40. The molecule has 0 fully saturated rings. The van der Waals surface area contributed by atoms with Crippen LogP contribution in [-0.4, -0.2) is 10.0 Å². The molecule has 0 aliphatic rings. The fraction of sp³-hybridized carbons (Fsp3) is 0.0833. The second-order valence-electron chi connectivity index (χ2n) is 3.80. The van der Waals surface area contributed by atoms with Gasteiger partial charge in [-0.3, -0.25) is 10.1 Å². The van der Waals surface area contributed by atoms with E-state index >= 15 is 0 Å². The lowest BCUT2D eigenvalue weighted by molar-refractivity contribution is -0.386. The lowest BCUT2D eigenvalue weighted by atomic mass is 10.0. The average Bonchev–Trinajstić information content (AvgIpc) is 2.91. The number of thiophene rings is 1. The zero-order valence-electron chi connectivity index (χ0n) is 9.61. The van der Waals surface area contributed by atoms with Crippen LogP contribution in [0.5, 0.6) is 5.75 Å². The second kappa shape index (κ2) is 5.06. The standard InChI is InChI=1S/C12H9N3O3S/c13-6-7-4-8(11(14)10-2-1-3-19-10)12(16)9(5-7)15(17)18/h1-5,11,16H,14H2/t11-/m0/s1. The van der Waals surface area contributed by atoms with Crippen molar-refractivity contribution in [2.24, 2.45) is 5.73 Å². The molecule has 2 aromatic rings. The third-order valence-corrected chi connectivity index (χ3v) is 3.59. The first kappa shape index (κ1) is 13.0. The van der Waals surface area contributed by atoms with Gasteiger partial charge in [0.05, 0.1) is 22.6 Å². The summed E-state index contributed by atoms with van der Waals surface area (Å²) in [7, 11) is 0. The predicted octanol–water partition coefficient (Wildman–Crippen LogP) is 2.28. The minimum Gasteiger partial charge on any atom is -0.502 e. The van der Waals surface area contributed by atoms with Crippen molar-refractivity contribution in [1.82, 2.24) is 0 Å². The molecule has 1 atom stereocenters. The summed E-state index contributed by atoms with van der Waals surface area (Å²) in [5.74, 6) is -0.495. The quantitative estimate of drug-likeness (QED) is 0.659. The molecule has 7 heteroatoms. The van der Waals surface area contributed by atoms with Gasteiger partial charge in [-0.15, -0.1) is 11.3 Å². The van der Waals surface area contributed by atoms with E-state index in [1.54, 1.807) is 12.1 Å². The summed E-state index contributed by atoms with van der Waals surface area (Å²) in [6.07, 6.45) is 0. The summed E-state index contributed by atoms with van der Waals surface area (Å²) in [6, 6.07) is 7.07. The summed E-state index contributed by atoms with van der Waals surface area (Å²) in [5, 5.41) is 31.5. The number of nitro groups is 1. The number of aromatic hydroxyl groups is 1. The van der Waals surface area contributed by atoms with E-state index in [-0.39, 0.29) is 11.1 Å². The van der Waals surface area contributed by atoms with Crippen LogP contribution < -0.4 is 5.73 Å². The number of hydrogen-bond acceptors (Lipinski definition) is 6. The van der Waals surface area contributed by atoms with Crippen LogP contribution in [0, 0.1) is 21.4 Å². The van der Waals surface area contributed by atoms with E-state index in [0.29, 0.717) is 0 Å². The summed E-state index contributed by atoms with van der Waals surface area (Å²) < 4.78 is 0. The minimum atomic E-state index is -0.735. The molecule has 0 aliphatic carbocycles. The third-order valence-electron chi connectivity index (χ3n) is 2.63. The van der Waals surface area contributed by atoms with Gasteiger partial charge in [0.15, 0.2) is 5.75 Å². The fourth-order valence-corrected chi connectivity index (χ4v) is 2.45. The van der Waals surface area contributed by atoms with Crippen LogP contribution >= 0.6 is 11.3 Å². The minimum absolute atomic E-state index is 0.0894. The first-order chi connectivity index (χ1) is 9.04. The Bertz CT molecular complexity index is 662. The van der Waals surface area contributed by atoms with Crippen molar-refractivity contribution in [2.75, 3.05) is 0 Å². The zero-order valence-corrected chi connectivity index (χ0v) is 10.4. The van der Waals surface area contributed by atoms with E-state index < -0.39 is 22.4 Å². The fourth-order valence-electron chi connectivity index (χ4n) is 1.70. The second-order valence-corrected chi connectivity index (χ2v) is 4.77. The molecule has 0 bridgehead atoms. The molecule has 6 nitrogen and oxygen atoms in total. The Labute approximate surface area is 112 Å². The Balaban J connectivity index is 2.60. The van der Waals surface area contributed by atoms with Gasteiger partial charge in [0, 0.05) is 16.5 Å². The maximum absolute atomic E-state index is 10.8. The maximum atomic E-state index is 10.8. The number of nitrogens with two attached hydrogens (primary N) is 1. The lowest BCUT2D eigenvalue weighted by Crippen LogP contribution is -2.11. The number of phenolic OH excluding ortho intramolecular Hbond substituents is 1. The first-order valence-corrected chi connectivity index (χ1v) is 6.13. The molecule has 0 unspecified atom stereocenters. The van der Waals surface area contributed by atoms with Gasteiger partial charge < -0.3 is 10.8 Å². The van der Waals surface area contributed by atoms with Crippen molar-refractivity contribution in [1.29, 1.82) is 5.26 Å². The van der Waals surface area contributed by atoms with Crippen LogP contribution in [0.4, 0.5) is 5.69 Å². The molecule has 0 aliphatic heterocycles. The lowest BCUT2D eigenvalue weighted by Gasteiger charge is -2.12. The molecule has 2 rings (SSSR count). The highest BCUT2D eigenvalue weighted by Gasteiger charge is 2.23. The molecular weight excluding hydrogens is 266 g/mol. The molecule has 0 saturated heterocycles. The first-order valence-electron chi connectivity index (χ1n) is 5.25. The number of benzene rings is 1. The van der Waals surface area contributed by atoms with E-state index in [9.17, 15) is 15.2 Å². The number of nitriles is 1. The van der Waals surface area contributed by atoms with Crippen molar-refractivity contribution in [3.05, 3.63) is 55.8 Å². The van der Waals surface area contributed by atoms with Crippen molar-refractivity contribution in [3.8, 4) is 11.8 Å². The van der Waals surface area contributed by atoms with Gasteiger partial charge in [-0.1, -0.05) is 6.07 Å². The number of nitrogens with zero attached hydrogens (tertiary/aromatic N) is 2. The van der Waals surface area contributed by atoms with Crippen LogP contribution in [0.25, 0.3) is 0 Å². The summed E-state index contributed by atoms with van der Waals surface area (Å²) in [6.45, 7) is 0. The highest BCUT2D eigenvalue weighted by Crippen LogP contribution is 2.37. The smallest absolute Gasteiger partial charge is 0.312 e. The van der Waals surface area contributed by atoms with E-state index in [1.807, 2.05) is 11.4 Å². The van der Waals surface area contributed by atoms with E-state index in [4.69, 9.17) is 11.0 Å². The number of rotatable bonds is 3. The Hall–Kier alpha value is -2.43. The van der Waals surface area contributed by atoms with E-state index in [2.05, 4.69) is 0 Å². The number of phenols is 1. The van der Waals surface area contributed by atoms with Gasteiger partial charge in [0.2, 0.25) is 0 Å². The van der Waals surface area contributed by atoms with Crippen LogP contribution in [-0.2, 0) is 0 Å². The SMILES string of the molecule is N#Cc1cc([C@H](N)c2cccs2)c(O)c([N+](=O)[O-])c1. The number of hydrogen-bond donors (Lipinski definition) is 2. The van der Waals surface area contributed by atoms with Gasteiger partial charge in [0.1, 0.15) is 0 Å². The monoisotopic (exact) mass is 275 g/mol. The molecule has 1 aromatic heterocycles. The predicted molar refractivity (Wildman–Crippen MR) is 69.8 cm³/mol. The molecule has 0 radical (unpaired) electrons. The van der Waals surface area contributed by atoms with Crippen LogP contribution in [0.3, 0.4) is 0 Å². The average molecular weight is 275 g/mol. The largest absolute Gasteiger partial charge is 0.502 e. The Kier molecular flexibility index (Phi) is 3.46. The molecule has 0 amide bonds. The zero-order chi connectivity index (χ0) is 14.0. The van der Waals surface area contributed by atoms with Gasteiger partial charge in [-0.25, -0.2) is 0 Å². The van der Waals surface area contributed by atoms with Gasteiger partial charge >= 0.3 is 5.69 Å². The van der Waals surface area contributed by atoms with E-state index in [0.717, 1.165) is 10.9 Å². The van der Waals surface area contributed by atoms with Crippen molar-refractivity contribution in [2.45, 2.75) is 6.04 Å². The maximum Gasteiger partial charge on any atom is 0.312 e. The highest BCUT2D eigenvalue weighted by molar-refractivity contribution is 7.10. The molecule has 1 aromatic carbocycles. The Morgan fingerprint density at radius 2 is 2.26 bits per heavy atom. The van der Waals surface area contributed by atoms with Crippen LogP contribution in [0.15, 0.2) is 29.6 Å². The van der Waals surface area contributed by atoms with Crippen molar-refractivity contribution in [3.63, 3.8) is 0 Å². The Morgan fingerprint density at radius 3 is 2.79 bits per heavy atom. The molecule has 3 N–H and O–H groups in total. The van der Waals surface area contributed by atoms with Crippen molar-refractivity contribution < 1.29 is 10.0 Å². The molecule has 0 spiro atoms.